The van der Waals surface area contributed by atoms with E-state index in [1.54, 1.807) is 24.3 Å². The second kappa shape index (κ2) is 8.13. The maximum absolute atomic E-state index is 12.7. The van der Waals surface area contributed by atoms with Crippen molar-refractivity contribution < 1.29 is 9.59 Å². The molecule has 1 aliphatic heterocycles. The van der Waals surface area contributed by atoms with E-state index in [-0.39, 0.29) is 11.8 Å². The van der Waals surface area contributed by atoms with Crippen molar-refractivity contribution in [2.24, 2.45) is 5.41 Å². The Kier molecular flexibility index (Phi) is 5.85. The lowest BCUT2D eigenvalue weighted by Crippen LogP contribution is -2.48. The molecule has 1 fully saturated rings. The van der Waals surface area contributed by atoms with Crippen LogP contribution in [-0.2, 0) is 11.3 Å². The lowest BCUT2D eigenvalue weighted by atomic mass is 9.79. The molecule has 0 radical (unpaired) electrons. The number of piperidine rings is 1. The molecule has 0 atom stereocenters. The van der Waals surface area contributed by atoms with Crippen LogP contribution in [0.25, 0.3) is 0 Å². The summed E-state index contributed by atoms with van der Waals surface area (Å²) in [5.41, 5.74) is 2.48. The highest BCUT2D eigenvalue weighted by Crippen LogP contribution is 2.32. The number of aryl methyl sites for hydroxylation is 1. The van der Waals surface area contributed by atoms with Gasteiger partial charge in [-0.2, -0.15) is 0 Å². The molecule has 3 rings (SSSR count). The molecule has 1 saturated heterocycles. The standard InChI is InChI=1S/C22H25ClN2O2/c1-16-3-5-17(6-4-16)15-24-21(27)22(2)11-13-25(14-12-22)20(26)18-7-9-19(23)10-8-18/h3-10H,11-15H2,1-2H3,(H,24,27). The summed E-state index contributed by atoms with van der Waals surface area (Å²) in [7, 11) is 0. The average molecular weight is 385 g/mol. The van der Waals surface area contributed by atoms with Crippen molar-refractivity contribution in [3.05, 3.63) is 70.2 Å². The Hall–Kier alpha value is -2.33. The summed E-state index contributed by atoms with van der Waals surface area (Å²) in [5, 5.41) is 3.67. The smallest absolute Gasteiger partial charge is 0.253 e. The monoisotopic (exact) mass is 384 g/mol. The molecule has 0 aromatic heterocycles. The van der Waals surface area contributed by atoms with Gasteiger partial charge in [0.15, 0.2) is 0 Å². The maximum atomic E-state index is 12.7. The number of likely N-dealkylation sites (tertiary alicyclic amines) is 1. The quantitative estimate of drug-likeness (QED) is 0.858. The van der Waals surface area contributed by atoms with Gasteiger partial charge in [0.25, 0.3) is 5.91 Å². The van der Waals surface area contributed by atoms with E-state index in [0.717, 1.165) is 5.56 Å². The molecule has 1 N–H and O–H groups in total. The van der Waals surface area contributed by atoms with Crippen LogP contribution in [0, 0.1) is 12.3 Å². The molecule has 2 aromatic rings. The van der Waals surface area contributed by atoms with Gasteiger partial charge in [-0.25, -0.2) is 0 Å². The molecule has 27 heavy (non-hydrogen) atoms. The van der Waals surface area contributed by atoms with E-state index in [0.29, 0.717) is 43.1 Å². The predicted molar refractivity (Wildman–Crippen MR) is 108 cm³/mol. The van der Waals surface area contributed by atoms with E-state index in [4.69, 9.17) is 11.6 Å². The summed E-state index contributed by atoms with van der Waals surface area (Å²) in [6.45, 7) is 5.72. The minimum Gasteiger partial charge on any atom is -0.352 e. The van der Waals surface area contributed by atoms with Crippen LogP contribution in [0.3, 0.4) is 0 Å². The highest BCUT2D eigenvalue weighted by atomic mass is 35.5. The van der Waals surface area contributed by atoms with Gasteiger partial charge in [0.05, 0.1) is 0 Å². The van der Waals surface area contributed by atoms with E-state index < -0.39 is 5.41 Å². The molecule has 2 amide bonds. The van der Waals surface area contributed by atoms with Crippen molar-refractivity contribution in [2.45, 2.75) is 33.2 Å². The van der Waals surface area contributed by atoms with Crippen LogP contribution in [-0.4, -0.2) is 29.8 Å². The van der Waals surface area contributed by atoms with E-state index in [1.807, 2.05) is 43.0 Å². The van der Waals surface area contributed by atoms with Crippen LogP contribution >= 0.6 is 11.6 Å². The van der Waals surface area contributed by atoms with Crippen LogP contribution in [0.4, 0.5) is 0 Å². The van der Waals surface area contributed by atoms with Crippen molar-refractivity contribution in [1.82, 2.24) is 10.2 Å². The summed E-state index contributed by atoms with van der Waals surface area (Å²) in [5.74, 6) is 0.0513. The molecule has 0 bridgehead atoms. The molecule has 2 aromatic carbocycles. The number of hydrogen-bond donors (Lipinski definition) is 1. The topological polar surface area (TPSA) is 49.4 Å². The summed E-state index contributed by atoms with van der Waals surface area (Å²) in [4.78, 5) is 27.1. The van der Waals surface area contributed by atoms with Crippen molar-refractivity contribution >= 4 is 23.4 Å². The molecule has 1 aliphatic rings. The van der Waals surface area contributed by atoms with Crippen LogP contribution in [0.5, 0.6) is 0 Å². The molecule has 0 aliphatic carbocycles. The largest absolute Gasteiger partial charge is 0.352 e. The SMILES string of the molecule is Cc1ccc(CNC(=O)C2(C)CCN(C(=O)c3ccc(Cl)cc3)CC2)cc1. The Labute approximate surface area is 165 Å². The fraction of sp³-hybridized carbons (Fsp3) is 0.364. The summed E-state index contributed by atoms with van der Waals surface area (Å²) >= 11 is 5.89. The number of amides is 2. The van der Waals surface area contributed by atoms with Gasteiger partial charge in [0, 0.05) is 35.6 Å². The first-order valence-electron chi connectivity index (χ1n) is 9.26. The second-order valence-electron chi connectivity index (χ2n) is 7.53. The third-order valence-electron chi connectivity index (χ3n) is 5.37. The van der Waals surface area contributed by atoms with Crippen molar-refractivity contribution in [1.29, 1.82) is 0 Å². The zero-order valence-corrected chi connectivity index (χ0v) is 16.6. The lowest BCUT2D eigenvalue weighted by Gasteiger charge is -2.38. The van der Waals surface area contributed by atoms with Gasteiger partial charge in [-0.1, -0.05) is 48.4 Å². The van der Waals surface area contributed by atoms with E-state index in [9.17, 15) is 9.59 Å². The Balaban J connectivity index is 1.54. The average Bonchev–Trinajstić information content (AvgIpc) is 2.68. The van der Waals surface area contributed by atoms with Crippen LogP contribution in [0.1, 0.15) is 41.3 Å². The minimum atomic E-state index is -0.443. The van der Waals surface area contributed by atoms with Gasteiger partial charge < -0.3 is 10.2 Å². The highest BCUT2D eigenvalue weighted by molar-refractivity contribution is 6.30. The molecule has 0 saturated carbocycles. The third-order valence-corrected chi connectivity index (χ3v) is 5.62. The molecule has 1 heterocycles. The zero-order chi connectivity index (χ0) is 19.4. The predicted octanol–water partition coefficient (Wildman–Crippen LogP) is 4.21. The first kappa shape index (κ1) is 19.4. The van der Waals surface area contributed by atoms with Crippen molar-refractivity contribution in [3.63, 3.8) is 0 Å². The first-order chi connectivity index (χ1) is 12.9. The number of nitrogens with zero attached hydrogens (tertiary/aromatic N) is 1. The molecule has 142 valence electrons. The maximum Gasteiger partial charge on any atom is 0.253 e. The number of halogens is 1. The van der Waals surface area contributed by atoms with Gasteiger partial charge in [0.1, 0.15) is 0 Å². The van der Waals surface area contributed by atoms with Crippen LogP contribution in [0.2, 0.25) is 5.02 Å². The van der Waals surface area contributed by atoms with Gasteiger partial charge >= 0.3 is 0 Å². The third kappa shape index (κ3) is 4.69. The van der Waals surface area contributed by atoms with Gasteiger partial charge in [-0.15, -0.1) is 0 Å². The van der Waals surface area contributed by atoms with Crippen molar-refractivity contribution in [3.8, 4) is 0 Å². The number of carbonyl (C=O) groups excluding carboxylic acids is 2. The van der Waals surface area contributed by atoms with Gasteiger partial charge in [0.2, 0.25) is 5.91 Å². The lowest BCUT2D eigenvalue weighted by molar-refractivity contribution is -0.132. The number of benzene rings is 2. The molecular formula is C22H25ClN2O2. The van der Waals surface area contributed by atoms with Crippen molar-refractivity contribution in [2.75, 3.05) is 13.1 Å². The first-order valence-corrected chi connectivity index (χ1v) is 9.64. The Morgan fingerprint density at radius 3 is 2.22 bits per heavy atom. The molecule has 4 nitrogen and oxygen atoms in total. The van der Waals surface area contributed by atoms with E-state index in [2.05, 4.69) is 5.32 Å². The Morgan fingerprint density at radius 1 is 1.04 bits per heavy atom. The fourth-order valence-corrected chi connectivity index (χ4v) is 3.43. The summed E-state index contributed by atoms with van der Waals surface area (Å²) < 4.78 is 0. The van der Waals surface area contributed by atoms with Gasteiger partial charge in [-0.3, -0.25) is 9.59 Å². The normalized spacial score (nSPS) is 16.0. The fourth-order valence-electron chi connectivity index (χ4n) is 3.31. The number of nitrogens with one attached hydrogen (secondary N) is 1. The number of hydrogen-bond acceptors (Lipinski definition) is 2. The summed E-state index contributed by atoms with van der Waals surface area (Å²) in [6, 6.07) is 15.1. The zero-order valence-electron chi connectivity index (χ0n) is 15.8. The van der Waals surface area contributed by atoms with E-state index >= 15 is 0 Å². The highest BCUT2D eigenvalue weighted by Gasteiger charge is 2.38. The van der Waals surface area contributed by atoms with Gasteiger partial charge in [-0.05, 0) is 49.6 Å². The van der Waals surface area contributed by atoms with Crippen LogP contribution < -0.4 is 5.32 Å². The summed E-state index contributed by atoms with van der Waals surface area (Å²) in [6.07, 6.45) is 1.32. The number of carbonyl (C=O) groups is 2. The Morgan fingerprint density at radius 2 is 1.63 bits per heavy atom. The molecule has 0 spiro atoms. The molecule has 0 unspecified atom stereocenters. The second-order valence-corrected chi connectivity index (χ2v) is 7.96. The Bertz CT molecular complexity index is 807. The molecule has 5 heteroatoms. The van der Waals surface area contributed by atoms with E-state index in [1.165, 1.54) is 5.56 Å². The minimum absolute atomic E-state index is 0.00576. The van der Waals surface area contributed by atoms with Crippen LogP contribution in [0.15, 0.2) is 48.5 Å². The number of rotatable bonds is 4. The molecular weight excluding hydrogens is 360 g/mol.